The Hall–Kier alpha value is -1.83. The van der Waals surface area contributed by atoms with Gasteiger partial charge in [0.1, 0.15) is 21.0 Å². The predicted molar refractivity (Wildman–Crippen MR) is 97.4 cm³/mol. The van der Waals surface area contributed by atoms with E-state index in [1.165, 1.54) is 11.3 Å². The molecule has 5 nitrogen and oxygen atoms in total. The summed E-state index contributed by atoms with van der Waals surface area (Å²) in [5.41, 5.74) is 1.94. The van der Waals surface area contributed by atoms with Crippen molar-refractivity contribution in [2.24, 2.45) is 0 Å². The number of benzene rings is 1. The normalized spacial score (nSPS) is 12.3. The molecule has 1 unspecified atom stereocenters. The van der Waals surface area contributed by atoms with Gasteiger partial charge in [-0.3, -0.25) is 4.79 Å². The fourth-order valence-electron chi connectivity index (χ4n) is 2.13. The second-order valence-electron chi connectivity index (χ2n) is 4.95. The predicted octanol–water partition coefficient (Wildman–Crippen LogP) is 4.59. The number of rotatable bonds is 5. The van der Waals surface area contributed by atoms with Crippen LogP contribution in [0.1, 0.15) is 6.92 Å². The molecular formula is C16H13ClN2O3S2. The molecule has 3 rings (SSSR count). The van der Waals surface area contributed by atoms with Crippen LogP contribution in [-0.2, 0) is 4.79 Å². The number of ether oxygens (including phenoxy) is 1. The van der Waals surface area contributed by atoms with Crippen molar-refractivity contribution < 1.29 is 14.6 Å². The molecule has 0 aliphatic carbocycles. The van der Waals surface area contributed by atoms with E-state index in [0.29, 0.717) is 10.3 Å². The van der Waals surface area contributed by atoms with Crippen LogP contribution in [0.25, 0.3) is 21.3 Å². The summed E-state index contributed by atoms with van der Waals surface area (Å²) < 4.78 is 5.17. The molecule has 24 heavy (non-hydrogen) atoms. The van der Waals surface area contributed by atoms with Gasteiger partial charge in [-0.2, -0.15) is 0 Å². The highest BCUT2D eigenvalue weighted by Crippen LogP contribution is 2.38. The largest absolute Gasteiger partial charge is 0.497 e. The minimum Gasteiger partial charge on any atom is -0.497 e. The van der Waals surface area contributed by atoms with Gasteiger partial charge in [0.25, 0.3) is 0 Å². The van der Waals surface area contributed by atoms with Crippen LogP contribution in [0.2, 0.25) is 5.15 Å². The number of halogens is 1. The summed E-state index contributed by atoms with van der Waals surface area (Å²) in [5, 5.41) is 11.8. The van der Waals surface area contributed by atoms with Crippen LogP contribution < -0.4 is 4.74 Å². The SMILES string of the molecule is COc1ccc(-c2csc3nc(SC(C)C(=O)O)nc(Cl)c23)cc1. The van der Waals surface area contributed by atoms with Crippen molar-refractivity contribution in [3.63, 3.8) is 0 Å². The molecule has 1 atom stereocenters. The Bertz CT molecular complexity index is 896. The van der Waals surface area contributed by atoms with Crippen LogP contribution in [0.15, 0.2) is 34.8 Å². The number of hydrogen-bond donors (Lipinski definition) is 1. The highest BCUT2D eigenvalue weighted by molar-refractivity contribution is 8.00. The molecule has 0 radical (unpaired) electrons. The molecule has 0 fully saturated rings. The lowest BCUT2D eigenvalue weighted by Crippen LogP contribution is -2.11. The monoisotopic (exact) mass is 380 g/mol. The van der Waals surface area contributed by atoms with Crippen molar-refractivity contribution in [3.8, 4) is 16.9 Å². The van der Waals surface area contributed by atoms with Crippen molar-refractivity contribution in [2.75, 3.05) is 7.11 Å². The van der Waals surface area contributed by atoms with Crippen molar-refractivity contribution in [3.05, 3.63) is 34.8 Å². The Balaban J connectivity index is 2.01. The van der Waals surface area contributed by atoms with Gasteiger partial charge in [-0.1, -0.05) is 35.5 Å². The molecular weight excluding hydrogens is 368 g/mol. The number of nitrogens with zero attached hydrogens (tertiary/aromatic N) is 2. The zero-order chi connectivity index (χ0) is 17.3. The second-order valence-corrected chi connectivity index (χ2v) is 7.48. The van der Waals surface area contributed by atoms with E-state index in [9.17, 15) is 4.79 Å². The summed E-state index contributed by atoms with van der Waals surface area (Å²) in [4.78, 5) is 20.4. The van der Waals surface area contributed by atoms with Gasteiger partial charge >= 0.3 is 5.97 Å². The van der Waals surface area contributed by atoms with Crippen LogP contribution in [0.3, 0.4) is 0 Å². The molecule has 0 spiro atoms. The topological polar surface area (TPSA) is 72.3 Å². The standard InChI is InChI=1S/C16H13ClN2O3S2/c1-8(15(20)21)24-16-18-13(17)12-11(7-23-14(12)19-16)9-3-5-10(22-2)6-4-9/h3-8H,1-2H3,(H,20,21). The fraction of sp³-hybridized carbons (Fsp3) is 0.188. The number of aromatic nitrogens is 2. The number of thioether (sulfide) groups is 1. The average molecular weight is 381 g/mol. The maximum atomic E-state index is 11.0. The highest BCUT2D eigenvalue weighted by atomic mass is 35.5. The number of carboxylic acid groups (broad SMARTS) is 1. The lowest BCUT2D eigenvalue weighted by Gasteiger charge is -2.06. The molecule has 1 N–H and O–H groups in total. The minimum absolute atomic E-state index is 0.326. The van der Waals surface area contributed by atoms with E-state index in [1.54, 1.807) is 14.0 Å². The van der Waals surface area contributed by atoms with Gasteiger partial charge in [0, 0.05) is 10.9 Å². The van der Waals surface area contributed by atoms with Crippen molar-refractivity contribution in [1.29, 1.82) is 0 Å². The molecule has 0 saturated carbocycles. The van der Waals surface area contributed by atoms with Gasteiger partial charge in [0.05, 0.1) is 12.5 Å². The second kappa shape index (κ2) is 6.96. The number of carbonyl (C=O) groups is 1. The number of thiophene rings is 1. The first kappa shape index (κ1) is 17.0. The molecule has 2 aromatic heterocycles. The van der Waals surface area contributed by atoms with E-state index >= 15 is 0 Å². The minimum atomic E-state index is -0.912. The Labute approximate surface area is 151 Å². The van der Waals surface area contributed by atoms with Crippen LogP contribution in [0.5, 0.6) is 5.75 Å². The summed E-state index contributed by atoms with van der Waals surface area (Å²) in [6.07, 6.45) is 0. The molecule has 0 aliphatic rings. The summed E-state index contributed by atoms with van der Waals surface area (Å²) in [6.45, 7) is 1.59. The third-order valence-electron chi connectivity index (χ3n) is 3.40. The first-order valence-electron chi connectivity index (χ1n) is 6.98. The molecule has 0 bridgehead atoms. The maximum Gasteiger partial charge on any atom is 0.316 e. The first-order valence-corrected chi connectivity index (χ1v) is 9.12. The van der Waals surface area contributed by atoms with Gasteiger partial charge in [-0.05, 0) is 24.6 Å². The van der Waals surface area contributed by atoms with Crippen LogP contribution in [-0.4, -0.2) is 33.4 Å². The van der Waals surface area contributed by atoms with Crippen molar-refractivity contribution in [1.82, 2.24) is 9.97 Å². The van der Waals surface area contributed by atoms with Crippen LogP contribution in [0.4, 0.5) is 0 Å². The molecule has 1 aromatic carbocycles. The molecule has 2 heterocycles. The summed E-state index contributed by atoms with van der Waals surface area (Å²) in [6, 6.07) is 7.66. The summed E-state index contributed by atoms with van der Waals surface area (Å²) in [7, 11) is 1.62. The third-order valence-corrected chi connectivity index (χ3v) is 5.49. The van der Waals surface area contributed by atoms with Crippen LogP contribution in [0, 0.1) is 0 Å². The molecule has 8 heteroatoms. The number of aliphatic carboxylic acids is 1. The zero-order valence-electron chi connectivity index (χ0n) is 12.8. The molecule has 0 saturated heterocycles. The van der Waals surface area contributed by atoms with E-state index in [2.05, 4.69) is 9.97 Å². The van der Waals surface area contributed by atoms with E-state index < -0.39 is 11.2 Å². The lowest BCUT2D eigenvalue weighted by molar-refractivity contribution is -0.136. The van der Waals surface area contributed by atoms with Gasteiger partial charge in [0.15, 0.2) is 5.16 Å². The van der Waals surface area contributed by atoms with Crippen molar-refractivity contribution in [2.45, 2.75) is 17.3 Å². The fourth-order valence-corrected chi connectivity index (χ4v) is 4.21. The Morgan fingerprint density at radius 1 is 1.33 bits per heavy atom. The molecule has 0 amide bonds. The van der Waals surface area contributed by atoms with Gasteiger partial charge in [-0.25, -0.2) is 9.97 Å². The number of carboxylic acids is 1. The number of hydrogen-bond acceptors (Lipinski definition) is 6. The Kier molecular flexibility index (Phi) is 4.93. The quantitative estimate of drug-likeness (QED) is 0.396. The molecule has 3 aromatic rings. The smallest absolute Gasteiger partial charge is 0.316 e. The highest BCUT2D eigenvalue weighted by Gasteiger charge is 2.18. The Morgan fingerprint density at radius 3 is 2.67 bits per heavy atom. The molecule has 0 aliphatic heterocycles. The van der Waals surface area contributed by atoms with E-state index in [-0.39, 0.29) is 0 Å². The number of methoxy groups -OCH3 is 1. The lowest BCUT2D eigenvalue weighted by atomic mass is 10.1. The van der Waals surface area contributed by atoms with Gasteiger partial charge < -0.3 is 9.84 Å². The van der Waals surface area contributed by atoms with E-state index in [1.807, 2.05) is 29.6 Å². The summed E-state index contributed by atoms with van der Waals surface area (Å²) >= 11 is 8.88. The van der Waals surface area contributed by atoms with Crippen molar-refractivity contribution >= 4 is 50.9 Å². The first-order chi connectivity index (χ1) is 11.5. The van der Waals surface area contributed by atoms with E-state index in [4.69, 9.17) is 21.4 Å². The van der Waals surface area contributed by atoms with Crippen LogP contribution >= 0.6 is 34.7 Å². The average Bonchev–Trinajstić information content (AvgIpc) is 2.99. The van der Waals surface area contributed by atoms with Gasteiger partial charge in [0.2, 0.25) is 0 Å². The van der Waals surface area contributed by atoms with E-state index in [0.717, 1.165) is 38.9 Å². The maximum absolute atomic E-state index is 11.0. The number of fused-ring (bicyclic) bond motifs is 1. The zero-order valence-corrected chi connectivity index (χ0v) is 15.2. The third kappa shape index (κ3) is 3.33. The summed E-state index contributed by atoms with van der Waals surface area (Å²) in [5.74, 6) is -0.133. The molecule has 124 valence electrons. The van der Waals surface area contributed by atoms with Gasteiger partial charge in [-0.15, -0.1) is 11.3 Å². The Morgan fingerprint density at radius 2 is 2.04 bits per heavy atom.